The molecule has 4 heterocycles. The molecule has 1 N–H and O–H groups in total. The molecule has 0 aromatic carbocycles. The molecule has 2 unspecified atom stereocenters. The van der Waals surface area contributed by atoms with Crippen LogP contribution in [0.15, 0.2) is 4.99 Å². The van der Waals surface area contributed by atoms with E-state index in [4.69, 9.17) is 9.73 Å². The normalized spacial score (nSPS) is 41.3. The lowest BCUT2D eigenvalue weighted by atomic mass is 9.84. The average molecular weight is 269 g/mol. The van der Waals surface area contributed by atoms with Crippen molar-refractivity contribution in [2.75, 3.05) is 39.1 Å². The highest BCUT2D eigenvalue weighted by molar-refractivity contribution is 8.14. The van der Waals surface area contributed by atoms with Gasteiger partial charge in [-0.2, -0.15) is 0 Å². The molecule has 0 amide bonds. The van der Waals surface area contributed by atoms with Gasteiger partial charge in [0.1, 0.15) is 0 Å². The first-order valence-corrected chi connectivity index (χ1v) is 8.02. The summed E-state index contributed by atoms with van der Waals surface area (Å²) in [6.45, 7) is 4.61. The first kappa shape index (κ1) is 12.8. The zero-order valence-electron chi connectivity index (χ0n) is 11.1. The maximum absolute atomic E-state index is 5.13. The topological polar surface area (TPSA) is 36.9 Å². The van der Waals surface area contributed by atoms with Crippen molar-refractivity contribution in [3.05, 3.63) is 0 Å². The van der Waals surface area contributed by atoms with Crippen LogP contribution in [-0.2, 0) is 4.74 Å². The number of hydrogen-bond acceptors (Lipinski definition) is 4. The van der Waals surface area contributed by atoms with Gasteiger partial charge in [-0.15, -0.1) is 0 Å². The number of fused-ring (bicyclic) bond motifs is 3. The summed E-state index contributed by atoms with van der Waals surface area (Å²) in [5.41, 5.74) is 0. The van der Waals surface area contributed by atoms with E-state index in [1.165, 1.54) is 37.6 Å². The number of methoxy groups -OCH3 is 1. The molecule has 18 heavy (non-hydrogen) atoms. The third-order valence-corrected chi connectivity index (χ3v) is 5.39. The summed E-state index contributed by atoms with van der Waals surface area (Å²) in [7, 11) is 1.77. The van der Waals surface area contributed by atoms with Crippen LogP contribution in [0.1, 0.15) is 19.3 Å². The minimum atomic E-state index is 0.545. The molecule has 4 rings (SSSR count). The predicted molar refractivity (Wildman–Crippen MR) is 76.3 cm³/mol. The Morgan fingerprint density at radius 2 is 2.28 bits per heavy atom. The van der Waals surface area contributed by atoms with Crippen molar-refractivity contribution in [2.24, 2.45) is 10.9 Å². The van der Waals surface area contributed by atoms with E-state index in [0.717, 1.165) is 24.7 Å². The molecule has 2 atom stereocenters. The van der Waals surface area contributed by atoms with Crippen molar-refractivity contribution < 1.29 is 4.74 Å². The largest absolute Gasteiger partial charge is 0.385 e. The fourth-order valence-corrected chi connectivity index (χ4v) is 4.23. The van der Waals surface area contributed by atoms with Gasteiger partial charge in [0.2, 0.25) is 0 Å². The van der Waals surface area contributed by atoms with Gasteiger partial charge in [0.05, 0.1) is 6.04 Å². The molecule has 0 aromatic heterocycles. The first-order chi connectivity index (χ1) is 8.85. The van der Waals surface area contributed by atoms with Crippen LogP contribution in [0.2, 0.25) is 0 Å². The van der Waals surface area contributed by atoms with Gasteiger partial charge in [-0.05, 0) is 38.3 Å². The molecule has 0 aliphatic carbocycles. The number of ether oxygens (including phenoxy) is 1. The van der Waals surface area contributed by atoms with Gasteiger partial charge < -0.3 is 15.0 Å². The molecule has 4 aliphatic heterocycles. The fraction of sp³-hybridized carbons (Fsp3) is 0.923. The van der Waals surface area contributed by atoms with Crippen LogP contribution in [0, 0.1) is 5.92 Å². The Kier molecular flexibility index (Phi) is 4.11. The second-order valence-corrected chi connectivity index (χ2v) is 6.58. The molecule has 4 saturated heterocycles. The van der Waals surface area contributed by atoms with Gasteiger partial charge in [-0.25, -0.2) is 0 Å². The molecular formula is C13H23N3OS. The molecule has 4 aliphatic rings. The minimum absolute atomic E-state index is 0.545. The Morgan fingerprint density at radius 3 is 2.94 bits per heavy atom. The second kappa shape index (κ2) is 5.80. The van der Waals surface area contributed by atoms with E-state index in [1.807, 2.05) is 11.8 Å². The second-order valence-electron chi connectivity index (χ2n) is 5.57. The SMILES string of the molecule is COCCC1CSC(=NC2CN3CCC2CC3)N1. The summed E-state index contributed by atoms with van der Waals surface area (Å²) in [4.78, 5) is 7.53. The quantitative estimate of drug-likeness (QED) is 0.831. The number of rotatable bonds is 4. The third kappa shape index (κ3) is 2.83. The Morgan fingerprint density at radius 1 is 1.44 bits per heavy atom. The number of thioether (sulfide) groups is 1. The molecule has 0 radical (unpaired) electrons. The van der Waals surface area contributed by atoms with E-state index in [0.29, 0.717) is 12.1 Å². The minimum Gasteiger partial charge on any atom is -0.385 e. The van der Waals surface area contributed by atoms with E-state index in [1.54, 1.807) is 7.11 Å². The summed E-state index contributed by atoms with van der Waals surface area (Å²) >= 11 is 1.89. The first-order valence-electron chi connectivity index (χ1n) is 7.03. The van der Waals surface area contributed by atoms with E-state index in [2.05, 4.69) is 10.2 Å². The summed E-state index contributed by atoms with van der Waals surface area (Å²) in [6, 6.07) is 1.10. The Hall–Kier alpha value is -0.260. The highest BCUT2D eigenvalue weighted by atomic mass is 32.2. The highest BCUT2D eigenvalue weighted by Gasteiger charge is 2.34. The summed E-state index contributed by atoms with van der Waals surface area (Å²) in [5.74, 6) is 1.98. The zero-order valence-corrected chi connectivity index (χ0v) is 11.9. The molecule has 2 bridgehead atoms. The molecule has 4 fully saturated rings. The third-order valence-electron chi connectivity index (χ3n) is 4.32. The van der Waals surface area contributed by atoms with Gasteiger partial charge >= 0.3 is 0 Å². The lowest BCUT2D eigenvalue weighted by Crippen LogP contribution is -2.50. The molecule has 0 saturated carbocycles. The highest BCUT2D eigenvalue weighted by Crippen LogP contribution is 2.30. The molecule has 4 nitrogen and oxygen atoms in total. The van der Waals surface area contributed by atoms with Crippen LogP contribution in [0.3, 0.4) is 0 Å². The number of piperidine rings is 3. The van der Waals surface area contributed by atoms with Crippen molar-refractivity contribution in [1.29, 1.82) is 0 Å². The van der Waals surface area contributed by atoms with Crippen LogP contribution in [0.5, 0.6) is 0 Å². The van der Waals surface area contributed by atoms with Gasteiger partial charge in [0.15, 0.2) is 5.17 Å². The van der Waals surface area contributed by atoms with E-state index in [-0.39, 0.29) is 0 Å². The lowest BCUT2D eigenvalue weighted by Gasteiger charge is -2.43. The van der Waals surface area contributed by atoms with Gasteiger partial charge in [-0.1, -0.05) is 11.8 Å². The predicted octanol–water partition coefficient (Wildman–Crippen LogP) is 1.18. The van der Waals surface area contributed by atoms with Crippen LogP contribution >= 0.6 is 11.8 Å². The van der Waals surface area contributed by atoms with Crippen molar-refractivity contribution in [1.82, 2.24) is 10.2 Å². The Labute approximate surface area is 114 Å². The van der Waals surface area contributed by atoms with Gasteiger partial charge in [-0.3, -0.25) is 4.99 Å². The summed E-state index contributed by atoms with van der Waals surface area (Å²) in [6.07, 6.45) is 3.78. The zero-order chi connectivity index (χ0) is 12.4. The van der Waals surface area contributed by atoms with E-state index >= 15 is 0 Å². The summed E-state index contributed by atoms with van der Waals surface area (Å²) < 4.78 is 5.13. The average Bonchev–Trinajstić information content (AvgIpc) is 2.85. The Balaban J connectivity index is 1.54. The molecule has 0 spiro atoms. The molecule has 0 aromatic rings. The molecule has 102 valence electrons. The number of nitrogens with zero attached hydrogens (tertiary/aromatic N) is 2. The van der Waals surface area contributed by atoms with Gasteiger partial charge in [0, 0.05) is 32.1 Å². The van der Waals surface area contributed by atoms with Crippen molar-refractivity contribution in [3.63, 3.8) is 0 Å². The number of amidine groups is 1. The number of nitrogens with one attached hydrogen (secondary N) is 1. The maximum atomic E-state index is 5.13. The lowest BCUT2D eigenvalue weighted by molar-refractivity contribution is 0.0906. The standard InChI is InChI=1S/C13H23N3OS/c1-17-7-4-11-9-18-13(14-11)15-12-8-16-5-2-10(12)3-6-16/h10-12H,2-9H2,1H3,(H,14,15). The van der Waals surface area contributed by atoms with Crippen LogP contribution in [0.4, 0.5) is 0 Å². The van der Waals surface area contributed by atoms with Crippen LogP contribution in [0.25, 0.3) is 0 Å². The number of hydrogen-bond donors (Lipinski definition) is 1. The van der Waals surface area contributed by atoms with Crippen molar-refractivity contribution in [2.45, 2.75) is 31.3 Å². The molecule has 5 heteroatoms. The van der Waals surface area contributed by atoms with Crippen molar-refractivity contribution >= 4 is 16.9 Å². The van der Waals surface area contributed by atoms with Crippen molar-refractivity contribution in [3.8, 4) is 0 Å². The van der Waals surface area contributed by atoms with E-state index < -0.39 is 0 Å². The van der Waals surface area contributed by atoms with Crippen LogP contribution in [-0.4, -0.2) is 61.3 Å². The smallest absolute Gasteiger partial charge is 0.157 e. The molecular weight excluding hydrogens is 246 g/mol. The summed E-state index contributed by atoms with van der Waals surface area (Å²) in [5, 5.41) is 4.72. The fourth-order valence-electron chi connectivity index (χ4n) is 3.16. The number of aliphatic imine (C=N–C) groups is 1. The van der Waals surface area contributed by atoms with Gasteiger partial charge in [0.25, 0.3) is 0 Å². The Bertz CT molecular complexity index is 315. The van der Waals surface area contributed by atoms with E-state index in [9.17, 15) is 0 Å². The van der Waals surface area contributed by atoms with Crippen LogP contribution < -0.4 is 5.32 Å². The maximum Gasteiger partial charge on any atom is 0.157 e. The monoisotopic (exact) mass is 269 g/mol.